The summed E-state index contributed by atoms with van der Waals surface area (Å²) in [5.74, 6) is 6.22. The molecule has 0 N–H and O–H groups in total. The zero-order valence-electron chi connectivity index (χ0n) is 9.36. The van der Waals surface area contributed by atoms with Gasteiger partial charge in [-0.05, 0) is 24.3 Å². The predicted octanol–water partition coefficient (Wildman–Crippen LogP) is 3.89. The molecule has 0 aliphatic heterocycles. The van der Waals surface area contributed by atoms with E-state index in [1.807, 2.05) is 30.3 Å². The van der Waals surface area contributed by atoms with Crippen molar-refractivity contribution in [1.29, 1.82) is 0 Å². The number of rotatable bonds is 2. The lowest BCUT2D eigenvalue weighted by Crippen LogP contribution is -1.82. The van der Waals surface area contributed by atoms with Crippen molar-refractivity contribution in [3.8, 4) is 23.1 Å². The van der Waals surface area contributed by atoms with E-state index in [9.17, 15) is 0 Å². The third kappa shape index (κ3) is 3.44. The fourth-order valence-corrected chi connectivity index (χ4v) is 1.67. The van der Waals surface area contributed by atoms with E-state index in [-0.39, 0.29) is 0 Å². The highest BCUT2D eigenvalue weighted by Crippen LogP contribution is 2.16. The molecular formula is C15H12BrN. The van der Waals surface area contributed by atoms with E-state index < -0.39 is 0 Å². The summed E-state index contributed by atoms with van der Waals surface area (Å²) in [4.78, 5) is 4.31. The smallest absolute Gasteiger partial charge is 0.0701 e. The first kappa shape index (κ1) is 11.9. The molecule has 0 spiro atoms. The summed E-state index contributed by atoms with van der Waals surface area (Å²) in [6.07, 6.45) is 2.68. The van der Waals surface area contributed by atoms with E-state index in [2.05, 4.69) is 44.9 Å². The van der Waals surface area contributed by atoms with E-state index in [0.29, 0.717) is 0 Å². The normalized spacial score (nSPS) is 9.47. The zero-order chi connectivity index (χ0) is 11.9. The van der Waals surface area contributed by atoms with Gasteiger partial charge < -0.3 is 0 Å². The molecule has 0 saturated heterocycles. The van der Waals surface area contributed by atoms with E-state index in [1.165, 1.54) is 0 Å². The highest BCUT2D eigenvalue weighted by atomic mass is 79.9. The first-order chi connectivity index (χ1) is 8.40. The molecule has 1 aromatic carbocycles. The number of hydrogen-bond donors (Lipinski definition) is 0. The van der Waals surface area contributed by atoms with E-state index >= 15 is 0 Å². The third-order valence-electron chi connectivity index (χ3n) is 2.30. The fourth-order valence-electron chi connectivity index (χ4n) is 1.47. The summed E-state index contributed by atoms with van der Waals surface area (Å²) in [5, 5.41) is 0.923. The highest BCUT2D eigenvalue weighted by molar-refractivity contribution is 9.09. The molecule has 0 aliphatic carbocycles. The van der Waals surface area contributed by atoms with Gasteiger partial charge in [-0.15, -0.1) is 0 Å². The summed E-state index contributed by atoms with van der Waals surface area (Å²) in [6, 6.07) is 14.1. The van der Waals surface area contributed by atoms with Gasteiger partial charge in [0.2, 0.25) is 0 Å². The first-order valence-electron chi connectivity index (χ1n) is 5.46. The Hall–Kier alpha value is -1.59. The minimum Gasteiger partial charge on any atom is -0.256 e. The molecule has 84 valence electrons. The van der Waals surface area contributed by atoms with Gasteiger partial charge in [-0.25, -0.2) is 0 Å². The van der Waals surface area contributed by atoms with Crippen LogP contribution in [-0.2, 0) is 0 Å². The van der Waals surface area contributed by atoms with Gasteiger partial charge in [0.25, 0.3) is 0 Å². The molecule has 0 bridgehead atoms. The largest absolute Gasteiger partial charge is 0.256 e. The van der Waals surface area contributed by atoms with Crippen molar-refractivity contribution in [3.05, 3.63) is 54.2 Å². The molecular weight excluding hydrogens is 274 g/mol. The maximum atomic E-state index is 4.31. The average Bonchev–Trinajstić information content (AvgIpc) is 2.41. The Bertz CT molecular complexity index is 520. The Morgan fingerprint density at radius 1 is 1.06 bits per heavy atom. The number of alkyl halides is 1. The predicted molar refractivity (Wildman–Crippen MR) is 75.0 cm³/mol. The van der Waals surface area contributed by atoms with Crippen LogP contribution in [0.15, 0.2) is 48.7 Å². The fraction of sp³-hybridized carbons (Fsp3) is 0.133. The summed E-state index contributed by atoms with van der Waals surface area (Å²) < 4.78 is 0. The quantitative estimate of drug-likeness (QED) is 0.603. The standard InChI is InChI=1S/C15H12BrN/c16-11-3-1-5-13-7-9-14(10-8-13)15-6-2-4-12-17-15/h2,4,6-10,12H,3,11H2. The van der Waals surface area contributed by atoms with Crippen molar-refractivity contribution >= 4 is 15.9 Å². The van der Waals surface area contributed by atoms with Crippen molar-refractivity contribution in [2.24, 2.45) is 0 Å². The van der Waals surface area contributed by atoms with Crippen LogP contribution in [0, 0.1) is 11.8 Å². The lowest BCUT2D eigenvalue weighted by Gasteiger charge is -1.99. The average molecular weight is 286 g/mol. The molecule has 1 heterocycles. The molecule has 0 fully saturated rings. The number of nitrogens with zero attached hydrogens (tertiary/aromatic N) is 1. The minimum atomic E-state index is 0.877. The number of pyridine rings is 1. The maximum absolute atomic E-state index is 4.31. The van der Waals surface area contributed by atoms with Crippen LogP contribution in [0.1, 0.15) is 12.0 Å². The second-order valence-electron chi connectivity index (χ2n) is 3.53. The number of hydrogen-bond acceptors (Lipinski definition) is 1. The van der Waals surface area contributed by atoms with Crippen LogP contribution in [-0.4, -0.2) is 10.3 Å². The van der Waals surface area contributed by atoms with Gasteiger partial charge >= 0.3 is 0 Å². The summed E-state index contributed by atoms with van der Waals surface area (Å²) in [5.41, 5.74) is 3.16. The maximum Gasteiger partial charge on any atom is 0.0701 e. The van der Waals surface area contributed by atoms with Crippen molar-refractivity contribution < 1.29 is 0 Å². The SMILES string of the molecule is BrCCC#Cc1ccc(-c2ccccn2)cc1. The topological polar surface area (TPSA) is 12.9 Å². The van der Waals surface area contributed by atoms with E-state index in [1.54, 1.807) is 6.20 Å². The van der Waals surface area contributed by atoms with E-state index in [0.717, 1.165) is 28.6 Å². The second kappa shape index (κ2) is 6.22. The molecule has 17 heavy (non-hydrogen) atoms. The molecule has 0 aliphatic rings. The van der Waals surface area contributed by atoms with Crippen LogP contribution >= 0.6 is 15.9 Å². The van der Waals surface area contributed by atoms with Gasteiger partial charge in [-0.1, -0.05) is 46.0 Å². The summed E-state index contributed by atoms with van der Waals surface area (Å²) in [7, 11) is 0. The number of benzene rings is 1. The first-order valence-corrected chi connectivity index (χ1v) is 6.58. The van der Waals surface area contributed by atoms with Crippen LogP contribution in [0.25, 0.3) is 11.3 Å². The zero-order valence-corrected chi connectivity index (χ0v) is 10.9. The van der Waals surface area contributed by atoms with Crippen molar-refractivity contribution in [2.75, 3.05) is 5.33 Å². The van der Waals surface area contributed by atoms with Crippen LogP contribution in [0.2, 0.25) is 0 Å². The highest BCUT2D eigenvalue weighted by Gasteiger charge is 1.96. The Morgan fingerprint density at radius 2 is 1.88 bits per heavy atom. The molecule has 1 nitrogen and oxygen atoms in total. The van der Waals surface area contributed by atoms with Crippen LogP contribution in [0.5, 0.6) is 0 Å². The molecule has 2 rings (SSSR count). The number of aromatic nitrogens is 1. The third-order valence-corrected chi connectivity index (χ3v) is 2.69. The van der Waals surface area contributed by atoms with Gasteiger partial charge in [0, 0.05) is 29.1 Å². The van der Waals surface area contributed by atoms with Crippen LogP contribution < -0.4 is 0 Å². The monoisotopic (exact) mass is 285 g/mol. The second-order valence-corrected chi connectivity index (χ2v) is 4.33. The Labute approximate surface area is 110 Å². The Balaban J connectivity index is 2.17. The molecule has 2 aromatic rings. The Kier molecular flexibility index (Phi) is 4.35. The number of halogens is 1. The van der Waals surface area contributed by atoms with Gasteiger partial charge in [0.05, 0.1) is 5.69 Å². The molecule has 1 aromatic heterocycles. The van der Waals surface area contributed by atoms with Gasteiger partial charge in [0.15, 0.2) is 0 Å². The van der Waals surface area contributed by atoms with Gasteiger partial charge in [0.1, 0.15) is 0 Å². The lowest BCUT2D eigenvalue weighted by molar-refractivity contribution is 1.32. The lowest BCUT2D eigenvalue weighted by atomic mass is 10.1. The molecule has 0 atom stereocenters. The van der Waals surface area contributed by atoms with Crippen molar-refractivity contribution in [3.63, 3.8) is 0 Å². The summed E-state index contributed by atoms with van der Waals surface area (Å²) in [6.45, 7) is 0. The van der Waals surface area contributed by atoms with E-state index in [4.69, 9.17) is 0 Å². The van der Waals surface area contributed by atoms with Crippen molar-refractivity contribution in [1.82, 2.24) is 4.98 Å². The van der Waals surface area contributed by atoms with Crippen LogP contribution in [0.3, 0.4) is 0 Å². The van der Waals surface area contributed by atoms with Crippen molar-refractivity contribution in [2.45, 2.75) is 6.42 Å². The van der Waals surface area contributed by atoms with Gasteiger partial charge in [-0.2, -0.15) is 0 Å². The Morgan fingerprint density at radius 3 is 2.53 bits per heavy atom. The van der Waals surface area contributed by atoms with Gasteiger partial charge in [-0.3, -0.25) is 4.98 Å². The molecule has 0 saturated carbocycles. The summed E-state index contributed by atoms with van der Waals surface area (Å²) >= 11 is 3.35. The molecule has 0 amide bonds. The minimum absolute atomic E-state index is 0.877. The molecule has 0 radical (unpaired) electrons. The van der Waals surface area contributed by atoms with Crippen LogP contribution in [0.4, 0.5) is 0 Å². The molecule has 0 unspecified atom stereocenters. The molecule has 2 heteroatoms.